The molecule has 7 aliphatic carbocycles. The van der Waals surface area contributed by atoms with Gasteiger partial charge in [-0.05, 0) is 114 Å². The van der Waals surface area contributed by atoms with Gasteiger partial charge in [0.25, 0.3) is 0 Å². The van der Waals surface area contributed by atoms with Crippen LogP contribution in [0.1, 0.15) is 81.4 Å². The van der Waals surface area contributed by atoms with Crippen LogP contribution in [-0.2, 0) is 6.42 Å². The molecular formula is C55H55N. The van der Waals surface area contributed by atoms with Crippen molar-refractivity contribution in [2.24, 2.45) is 46.8 Å². The van der Waals surface area contributed by atoms with Gasteiger partial charge in [-0.3, -0.25) is 0 Å². The van der Waals surface area contributed by atoms with Crippen LogP contribution in [0, 0.1) is 46.8 Å². The molecule has 0 aliphatic heterocycles. The first-order valence-electron chi connectivity index (χ1n) is 21.7. The average Bonchev–Trinajstić information content (AvgIpc) is 3.65. The number of hydrogen-bond acceptors (Lipinski definition) is 0. The molecule has 56 heavy (non-hydrogen) atoms. The first-order valence-corrected chi connectivity index (χ1v) is 21.7. The number of benzene rings is 3. The number of fused-ring (bicyclic) bond motifs is 9. The third-order valence-corrected chi connectivity index (χ3v) is 15.6. The van der Waals surface area contributed by atoms with E-state index in [1.807, 2.05) is 0 Å². The highest BCUT2D eigenvalue weighted by molar-refractivity contribution is 5.86. The van der Waals surface area contributed by atoms with Crippen LogP contribution < -0.4 is 10.6 Å². The zero-order valence-corrected chi connectivity index (χ0v) is 33.3. The Labute approximate surface area is 333 Å². The molecule has 1 heteroatoms. The van der Waals surface area contributed by atoms with E-state index in [-0.39, 0.29) is 5.41 Å². The van der Waals surface area contributed by atoms with Gasteiger partial charge in [-0.2, -0.15) is 0 Å². The molecule has 1 aromatic heterocycles. The molecule has 4 aromatic rings. The van der Waals surface area contributed by atoms with Crippen LogP contribution in [0.2, 0.25) is 0 Å². The standard InChI is InChI=1S/C55H55N/c1-35-43-27-24-38(39-26-29-54-50(32-39)46-21-10-12-23-53(46)56(54)42-18-13-17-37(30-42)36-14-5-4-6-15-36)31-48(43)44-19-8-7-16-40(44)33-47(35)41-25-28-52-49(34-41)45-20-9-11-22-51(45)55(52,2)3/h4-23,28-29,31-32,34-35,37,39,41,43,45,47-48,51H,24-27,30,33H2,1-3H3/t35-,37?,39?,41?,43?,45?,47?,48?,51?/m1/s1. The maximum Gasteiger partial charge on any atom is 0.0537 e. The highest BCUT2D eigenvalue weighted by Crippen LogP contribution is 2.59. The summed E-state index contributed by atoms with van der Waals surface area (Å²) in [6, 6.07) is 29.7. The predicted molar refractivity (Wildman–Crippen MR) is 235 cm³/mol. The lowest BCUT2D eigenvalue weighted by atomic mass is 9.65. The Balaban J connectivity index is 0.924. The van der Waals surface area contributed by atoms with Crippen molar-refractivity contribution in [3.05, 3.63) is 184 Å². The van der Waals surface area contributed by atoms with Crippen molar-refractivity contribution in [3.63, 3.8) is 0 Å². The lowest BCUT2D eigenvalue weighted by molar-refractivity contribution is 0.180. The summed E-state index contributed by atoms with van der Waals surface area (Å²) in [7, 11) is 0. The van der Waals surface area contributed by atoms with Gasteiger partial charge in [0.15, 0.2) is 0 Å². The maximum atomic E-state index is 2.78. The minimum absolute atomic E-state index is 0.208. The summed E-state index contributed by atoms with van der Waals surface area (Å²) in [5, 5.41) is 4.20. The number of allylic oxidation sites excluding steroid dienone is 14. The molecule has 9 atom stereocenters. The maximum absolute atomic E-state index is 2.78. The van der Waals surface area contributed by atoms with Gasteiger partial charge in [0.1, 0.15) is 0 Å². The summed E-state index contributed by atoms with van der Waals surface area (Å²) in [6.07, 6.45) is 37.0. The first kappa shape index (κ1) is 34.4. The monoisotopic (exact) mass is 729 g/mol. The van der Waals surface area contributed by atoms with Crippen molar-refractivity contribution in [1.82, 2.24) is 4.57 Å². The van der Waals surface area contributed by atoms with Gasteiger partial charge < -0.3 is 4.57 Å². The van der Waals surface area contributed by atoms with Crippen LogP contribution in [-0.4, -0.2) is 4.57 Å². The number of aromatic nitrogens is 1. The quantitative estimate of drug-likeness (QED) is 0.184. The highest BCUT2D eigenvalue weighted by Gasteiger charge is 2.49. The fourth-order valence-electron chi connectivity index (χ4n) is 12.8. The van der Waals surface area contributed by atoms with Crippen molar-refractivity contribution < 1.29 is 0 Å². The largest absolute Gasteiger partial charge is 0.313 e. The Bertz CT molecular complexity index is 2570. The molecule has 3 aromatic carbocycles. The Hall–Kier alpha value is -4.88. The van der Waals surface area contributed by atoms with E-state index in [1.54, 1.807) is 27.8 Å². The Morgan fingerprint density at radius 1 is 0.696 bits per heavy atom. The average molecular weight is 730 g/mol. The van der Waals surface area contributed by atoms with Gasteiger partial charge >= 0.3 is 0 Å². The van der Waals surface area contributed by atoms with Gasteiger partial charge in [0, 0.05) is 45.3 Å². The fraction of sp³-hybridized carbons (Fsp3) is 0.345. The summed E-state index contributed by atoms with van der Waals surface area (Å²) < 4.78 is 2.58. The van der Waals surface area contributed by atoms with Crippen molar-refractivity contribution in [3.8, 4) is 0 Å². The second-order valence-corrected chi connectivity index (χ2v) is 18.7. The second kappa shape index (κ2) is 13.4. The minimum atomic E-state index is 0.208. The molecule has 280 valence electrons. The highest BCUT2D eigenvalue weighted by atomic mass is 15.0. The van der Waals surface area contributed by atoms with E-state index < -0.39 is 0 Å². The lowest BCUT2D eigenvalue weighted by Gasteiger charge is -2.40. The van der Waals surface area contributed by atoms with Crippen LogP contribution in [0.4, 0.5) is 0 Å². The Morgan fingerprint density at radius 3 is 2.43 bits per heavy atom. The number of rotatable bonds is 4. The van der Waals surface area contributed by atoms with Crippen molar-refractivity contribution in [2.45, 2.75) is 71.1 Å². The molecular weight excluding hydrogens is 675 g/mol. The molecule has 8 unspecified atom stereocenters. The van der Waals surface area contributed by atoms with Crippen molar-refractivity contribution >= 4 is 28.8 Å². The third-order valence-electron chi connectivity index (χ3n) is 15.6. The van der Waals surface area contributed by atoms with E-state index >= 15 is 0 Å². The fourth-order valence-corrected chi connectivity index (χ4v) is 12.8. The van der Waals surface area contributed by atoms with E-state index in [9.17, 15) is 0 Å². The molecule has 7 aliphatic rings. The van der Waals surface area contributed by atoms with Crippen LogP contribution >= 0.6 is 0 Å². The van der Waals surface area contributed by atoms with Crippen LogP contribution in [0.5, 0.6) is 0 Å². The minimum Gasteiger partial charge on any atom is -0.313 e. The molecule has 1 saturated carbocycles. The zero-order chi connectivity index (χ0) is 37.5. The number of nitrogens with zero attached hydrogens (tertiary/aromatic N) is 1. The van der Waals surface area contributed by atoms with Gasteiger partial charge in [-0.1, -0.05) is 166 Å². The summed E-state index contributed by atoms with van der Waals surface area (Å²) in [6.45, 7) is 7.60. The van der Waals surface area contributed by atoms with E-state index in [2.05, 4.69) is 177 Å². The molecule has 11 rings (SSSR count). The molecule has 1 fully saturated rings. The van der Waals surface area contributed by atoms with Gasteiger partial charge in [-0.15, -0.1) is 0 Å². The summed E-state index contributed by atoms with van der Waals surface area (Å²) in [5.74, 6) is 5.05. The first-order chi connectivity index (χ1) is 27.4. The molecule has 0 N–H and O–H groups in total. The molecule has 1 nitrogen and oxygen atoms in total. The van der Waals surface area contributed by atoms with Gasteiger partial charge in [-0.25, -0.2) is 0 Å². The smallest absolute Gasteiger partial charge is 0.0537 e. The SMILES string of the molecule is C[C@H]1C(C2C=C3C(=CC2)C(C)(C)C2C=CC=CC32)Cc2ccccc2C2C=C(C3C=c4c(n(C5=CC=CC(c6ccccc6)C5)c5ccccc45)=CC3)CCC21. The molecule has 0 saturated heterocycles. The second-order valence-electron chi connectivity index (χ2n) is 18.7. The predicted octanol–water partition coefficient (Wildman–Crippen LogP) is 12.0. The normalized spacial score (nSPS) is 32.2. The Kier molecular flexibility index (Phi) is 8.20. The van der Waals surface area contributed by atoms with Crippen LogP contribution in [0.15, 0.2) is 156 Å². The van der Waals surface area contributed by atoms with Crippen LogP contribution in [0.25, 0.3) is 28.8 Å². The van der Waals surface area contributed by atoms with Gasteiger partial charge in [0.2, 0.25) is 0 Å². The van der Waals surface area contributed by atoms with Crippen molar-refractivity contribution in [1.29, 1.82) is 0 Å². The molecule has 0 spiro atoms. The van der Waals surface area contributed by atoms with E-state index in [1.165, 1.54) is 58.4 Å². The zero-order valence-electron chi connectivity index (χ0n) is 33.3. The third kappa shape index (κ3) is 5.40. The number of hydrogen-bond donors (Lipinski definition) is 0. The summed E-state index contributed by atoms with van der Waals surface area (Å²) >= 11 is 0. The van der Waals surface area contributed by atoms with Crippen molar-refractivity contribution in [2.75, 3.05) is 0 Å². The molecule has 0 radical (unpaired) electrons. The molecule has 1 heterocycles. The lowest BCUT2D eigenvalue weighted by Crippen LogP contribution is -2.34. The molecule has 0 amide bonds. The molecule has 0 bridgehead atoms. The number of para-hydroxylation sites is 1. The van der Waals surface area contributed by atoms with E-state index in [0.717, 1.165) is 12.8 Å². The topological polar surface area (TPSA) is 4.93 Å². The van der Waals surface area contributed by atoms with Gasteiger partial charge in [0.05, 0.1) is 5.52 Å². The summed E-state index contributed by atoms with van der Waals surface area (Å²) in [4.78, 5) is 0. The van der Waals surface area contributed by atoms with E-state index in [4.69, 9.17) is 0 Å². The van der Waals surface area contributed by atoms with E-state index in [0.29, 0.717) is 53.3 Å². The Morgan fingerprint density at radius 2 is 1.52 bits per heavy atom. The van der Waals surface area contributed by atoms with Crippen LogP contribution in [0.3, 0.4) is 0 Å². The summed E-state index contributed by atoms with van der Waals surface area (Å²) in [5.41, 5.74) is 12.5.